The van der Waals surface area contributed by atoms with Crippen molar-refractivity contribution in [3.8, 4) is 0 Å². The maximum absolute atomic E-state index is 12.1. The fourth-order valence-corrected chi connectivity index (χ4v) is 4.78. The van der Waals surface area contributed by atoms with E-state index in [9.17, 15) is 4.79 Å². The zero-order valence-electron chi connectivity index (χ0n) is 12.9. The second kappa shape index (κ2) is 7.60. The summed E-state index contributed by atoms with van der Waals surface area (Å²) in [5.41, 5.74) is 1.66. The van der Waals surface area contributed by atoms with Crippen LogP contribution in [-0.2, 0) is 10.5 Å². The third-order valence-electron chi connectivity index (χ3n) is 2.98. The van der Waals surface area contributed by atoms with Crippen LogP contribution in [0.1, 0.15) is 17.6 Å². The molecule has 0 aliphatic rings. The Labute approximate surface area is 156 Å². The van der Waals surface area contributed by atoms with Crippen LogP contribution in [-0.4, -0.2) is 21.1 Å². The van der Waals surface area contributed by atoms with Gasteiger partial charge in [-0.15, -0.1) is 21.5 Å². The fraction of sp³-hybridized carbons (Fsp3) is 0.200. The number of rotatable bonds is 5. The number of aryl methyl sites for hydroxylation is 1. The first-order valence-electron chi connectivity index (χ1n) is 6.96. The van der Waals surface area contributed by atoms with Gasteiger partial charge in [-0.25, -0.2) is 4.98 Å². The minimum atomic E-state index is -0.0920. The highest BCUT2D eigenvalue weighted by molar-refractivity contribution is 8.00. The van der Waals surface area contributed by atoms with Crippen LogP contribution in [0, 0.1) is 6.92 Å². The van der Waals surface area contributed by atoms with Gasteiger partial charge in [-0.05, 0) is 31.2 Å². The van der Waals surface area contributed by atoms with E-state index in [0.717, 1.165) is 20.7 Å². The van der Waals surface area contributed by atoms with Gasteiger partial charge in [0.1, 0.15) is 5.01 Å². The van der Waals surface area contributed by atoms with Crippen LogP contribution in [0.3, 0.4) is 0 Å². The van der Waals surface area contributed by atoms with Crippen molar-refractivity contribution in [2.45, 2.75) is 23.9 Å². The minimum absolute atomic E-state index is 0.0920. The molecule has 0 unspecified atom stereocenters. The highest BCUT2D eigenvalue weighted by Gasteiger charge is 2.18. The van der Waals surface area contributed by atoms with Crippen LogP contribution < -0.4 is 4.90 Å². The summed E-state index contributed by atoms with van der Waals surface area (Å²) < 4.78 is 0.920. The molecule has 0 N–H and O–H groups in total. The predicted octanol–water partition coefficient (Wildman–Crippen LogP) is 4.93. The summed E-state index contributed by atoms with van der Waals surface area (Å²) in [6.45, 7) is 3.45. The maximum atomic E-state index is 12.1. The zero-order valence-corrected chi connectivity index (χ0v) is 16.1. The van der Waals surface area contributed by atoms with Gasteiger partial charge < -0.3 is 0 Å². The van der Waals surface area contributed by atoms with E-state index in [1.54, 1.807) is 40.1 Å². The summed E-state index contributed by atoms with van der Waals surface area (Å²) in [7, 11) is 0. The summed E-state index contributed by atoms with van der Waals surface area (Å²) in [5, 5.41) is 12.3. The summed E-state index contributed by atoms with van der Waals surface area (Å²) in [4.78, 5) is 18.2. The molecule has 2 aromatic heterocycles. The number of nitrogens with zero attached hydrogens (tertiary/aromatic N) is 4. The Morgan fingerprint density at radius 1 is 1.29 bits per heavy atom. The van der Waals surface area contributed by atoms with E-state index < -0.39 is 0 Å². The largest absolute Gasteiger partial charge is 0.274 e. The molecule has 0 radical (unpaired) electrons. The lowest BCUT2D eigenvalue weighted by Gasteiger charge is -2.17. The first-order chi connectivity index (χ1) is 11.5. The van der Waals surface area contributed by atoms with Crippen molar-refractivity contribution in [1.82, 2.24) is 15.2 Å². The molecule has 1 aromatic carbocycles. The molecular weight excluding hydrogens is 384 g/mol. The van der Waals surface area contributed by atoms with E-state index >= 15 is 0 Å². The Balaban J connectivity index is 1.76. The Hall–Kier alpha value is -1.48. The van der Waals surface area contributed by atoms with Gasteiger partial charge >= 0.3 is 0 Å². The molecule has 2 heterocycles. The van der Waals surface area contributed by atoms with Gasteiger partial charge in [0.15, 0.2) is 9.47 Å². The average molecular weight is 397 g/mol. The lowest BCUT2D eigenvalue weighted by molar-refractivity contribution is -0.115. The third kappa shape index (κ3) is 4.13. The molecule has 0 saturated carbocycles. The van der Waals surface area contributed by atoms with Crippen LogP contribution in [0.25, 0.3) is 0 Å². The van der Waals surface area contributed by atoms with Gasteiger partial charge in [0.2, 0.25) is 5.91 Å². The number of thioether (sulfide) groups is 1. The standard InChI is InChI=1S/C15H13ClN4OS3/c1-9-18-19-15(24-9)23-8-12-7-22-14(17-12)20(10(2)21)13-5-3-11(16)4-6-13/h3-7H,8H2,1-2H3. The van der Waals surface area contributed by atoms with Crippen LogP contribution in [0.5, 0.6) is 0 Å². The normalized spacial score (nSPS) is 10.8. The first kappa shape index (κ1) is 17.3. The van der Waals surface area contributed by atoms with Gasteiger partial charge in [0.05, 0.1) is 11.4 Å². The molecule has 0 aliphatic carbocycles. The summed E-state index contributed by atoms with van der Waals surface area (Å²) in [5.74, 6) is 0.600. The number of carbonyl (C=O) groups excluding carboxylic acids is 1. The smallest absolute Gasteiger partial charge is 0.230 e. The Morgan fingerprint density at radius 3 is 2.67 bits per heavy atom. The van der Waals surface area contributed by atoms with E-state index in [0.29, 0.717) is 15.9 Å². The average Bonchev–Trinajstić information content (AvgIpc) is 3.16. The summed E-state index contributed by atoms with van der Waals surface area (Å²) in [6.07, 6.45) is 0. The van der Waals surface area contributed by atoms with Crippen molar-refractivity contribution in [2.24, 2.45) is 0 Å². The van der Waals surface area contributed by atoms with Crippen molar-refractivity contribution in [3.63, 3.8) is 0 Å². The van der Waals surface area contributed by atoms with Crippen LogP contribution >= 0.6 is 46.0 Å². The van der Waals surface area contributed by atoms with Crippen LogP contribution in [0.15, 0.2) is 34.0 Å². The van der Waals surface area contributed by atoms with Gasteiger partial charge in [0, 0.05) is 23.1 Å². The minimum Gasteiger partial charge on any atom is -0.274 e. The number of anilines is 2. The number of thiazole rings is 1. The number of halogens is 1. The molecular formula is C15H13ClN4OS3. The van der Waals surface area contributed by atoms with Gasteiger partial charge in [-0.3, -0.25) is 9.69 Å². The number of hydrogen-bond donors (Lipinski definition) is 0. The van der Waals surface area contributed by atoms with E-state index in [4.69, 9.17) is 11.6 Å². The quantitative estimate of drug-likeness (QED) is 0.572. The molecule has 5 nitrogen and oxygen atoms in total. The molecule has 9 heteroatoms. The number of hydrogen-bond acceptors (Lipinski definition) is 7. The second-order valence-corrected chi connectivity index (χ2v) is 8.51. The SMILES string of the molecule is CC(=O)N(c1ccc(Cl)cc1)c1nc(CSc2nnc(C)s2)cs1. The topological polar surface area (TPSA) is 59.0 Å². The fourth-order valence-electron chi connectivity index (χ4n) is 1.95. The molecule has 0 spiro atoms. The van der Waals surface area contributed by atoms with E-state index in [1.807, 2.05) is 24.4 Å². The van der Waals surface area contributed by atoms with Crippen molar-refractivity contribution in [3.05, 3.63) is 45.4 Å². The van der Waals surface area contributed by atoms with E-state index in [2.05, 4.69) is 15.2 Å². The highest BCUT2D eigenvalue weighted by atomic mass is 35.5. The Bertz CT molecular complexity index is 847. The molecule has 1 amide bonds. The van der Waals surface area contributed by atoms with Gasteiger partial charge in [0.25, 0.3) is 0 Å². The van der Waals surface area contributed by atoms with Gasteiger partial charge in [-0.1, -0.05) is 34.7 Å². The lowest BCUT2D eigenvalue weighted by atomic mass is 10.3. The van der Waals surface area contributed by atoms with Crippen molar-refractivity contribution < 1.29 is 4.79 Å². The monoisotopic (exact) mass is 396 g/mol. The van der Waals surface area contributed by atoms with Crippen molar-refractivity contribution in [1.29, 1.82) is 0 Å². The third-order valence-corrected chi connectivity index (χ3v) is 6.11. The highest BCUT2D eigenvalue weighted by Crippen LogP contribution is 2.32. The predicted molar refractivity (Wildman–Crippen MR) is 101 cm³/mol. The van der Waals surface area contributed by atoms with E-state index in [-0.39, 0.29) is 5.91 Å². The molecule has 0 aliphatic heterocycles. The van der Waals surface area contributed by atoms with Gasteiger partial charge in [-0.2, -0.15) is 0 Å². The molecule has 0 saturated heterocycles. The second-order valence-electron chi connectivity index (χ2n) is 4.83. The Kier molecular flexibility index (Phi) is 5.50. The maximum Gasteiger partial charge on any atom is 0.230 e. The molecule has 24 heavy (non-hydrogen) atoms. The zero-order chi connectivity index (χ0) is 17.1. The number of amides is 1. The Morgan fingerprint density at radius 2 is 2.04 bits per heavy atom. The molecule has 0 fully saturated rings. The summed E-state index contributed by atoms with van der Waals surface area (Å²) in [6, 6.07) is 7.14. The number of carbonyl (C=O) groups is 1. The number of aromatic nitrogens is 3. The summed E-state index contributed by atoms with van der Waals surface area (Å²) >= 11 is 10.5. The van der Waals surface area contributed by atoms with E-state index in [1.165, 1.54) is 18.3 Å². The van der Waals surface area contributed by atoms with Crippen molar-refractivity contribution in [2.75, 3.05) is 4.90 Å². The lowest BCUT2D eigenvalue weighted by Crippen LogP contribution is -2.22. The molecule has 0 bridgehead atoms. The molecule has 3 aromatic rings. The van der Waals surface area contributed by atoms with Crippen LogP contribution in [0.4, 0.5) is 10.8 Å². The molecule has 3 rings (SSSR count). The molecule has 124 valence electrons. The first-order valence-corrected chi connectivity index (χ1v) is 10.0. The van der Waals surface area contributed by atoms with Crippen molar-refractivity contribution >= 4 is 62.8 Å². The number of benzene rings is 1. The van der Waals surface area contributed by atoms with Crippen LogP contribution in [0.2, 0.25) is 5.02 Å². The molecule has 0 atom stereocenters.